The lowest BCUT2D eigenvalue weighted by Gasteiger charge is -2.34. The summed E-state index contributed by atoms with van der Waals surface area (Å²) < 4.78 is 10.8. The molecule has 0 radical (unpaired) electrons. The molecule has 2 rings (SSSR count). The first-order chi connectivity index (χ1) is 12.5. The molecule has 2 amide bonds. The van der Waals surface area contributed by atoms with Crippen LogP contribution in [0.4, 0.5) is 4.79 Å². The zero-order chi connectivity index (χ0) is 20.4. The van der Waals surface area contributed by atoms with Crippen molar-refractivity contribution in [1.29, 1.82) is 0 Å². The van der Waals surface area contributed by atoms with Crippen molar-refractivity contribution in [3.63, 3.8) is 0 Å². The van der Waals surface area contributed by atoms with Gasteiger partial charge in [0.25, 0.3) is 5.91 Å². The minimum absolute atomic E-state index is 0.0491. The van der Waals surface area contributed by atoms with Gasteiger partial charge in [0.05, 0.1) is 5.69 Å². The van der Waals surface area contributed by atoms with Crippen LogP contribution in [0.2, 0.25) is 0 Å². The molecule has 0 spiro atoms. The van der Waals surface area contributed by atoms with E-state index in [0.29, 0.717) is 42.6 Å². The summed E-state index contributed by atoms with van der Waals surface area (Å²) in [5.74, 6) is 1.06. The van der Waals surface area contributed by atoms with Crippen molar-refractivity contribution in [2.24, 2.45) is 5.92 Å². The van der Waals surface area contributed by atoms with Crippen LogP contribution >= 0.6 is 0 Å². The first kappa shape index (κ1) is 21.3. The molecular formula is C20H33N3O4. The highest BCUT2D eigenvalue weighted by Gasteiger charge is 2.30. The minimum atomic E-state index is -0.481. The summed E-state index contributed by atoms with van der Waals surface area (Å²) >= 11 is 0. The van der Waals surface area contributed by atoms with E-state index >= 15 is 0 Å². The van der Waals surface area contributed by atoms with E-state index in [0.717, 1.165) is 12.8 Å². The van der Waals surface area contributed by atoms with Crippen LogP contribution in [0.25, 0.3) is 0 Å². The molecule has 1 saturated heterocycles. The smallest absolute Gasteiger partial charge is 0.410 e. The lowest BCUT2D eigenvalue weighted by molar-refractivity contribution is 0.0170. The average molecular weight is 380 g/mol. The average Bonchev–Trinajstić information content (AvgIpc) is 2.95. The first-order valence-electron chi connectivity index (χ1n) is 9.69. The van der Waals surface area contributed by atoms with Gasteiger partial charge in [-0.2, -0.15) is 0 Å². The van der Waals surface area contributed by atoms with Gasteiger partial charge in [0.15, 0.2) is 5.76 Å². The number of hydrogen-bond donors (Lipinski definition) is 0. The summed E-state index contributed by atoms with van der Waals surface area (Å²) in [7, 11) is 1.82. The monoisotopic (exact) mass is 379 g/mol. The molecule has 7 nitrogen and oxygen atoms in total. The molecule has 1 aliphatic rings. The van der Waals surface area contributed by atoms with Gasteiger partial charge in [0, 0.05) is 32.6 Å². The number of nitrogens with zero attached hydrogens (tertiary/aromatic N) is 3. The van der Waals surface area contributed by atoms with Crippen molar-refractivity contribution in [3.8, 4) is 0 Å². The van der Waals surface area contributed by atoms with Crippen LogP contribution in [-0.4, -0.2) is 59.2 Å². The third kappa shape index (κ3) is 5.47. The number of piperidine rings is 1. The van der Waals surface area contributed by atoms with E-state index in [4.69, 9.17) is 9.26 Å². The van der Waals surface area contributed by atoms with Crippen molar-refractivity contribution in [2.45, 2.75) is 65.9 Å². The highest BCUT2D eigenvalue weighted by molar-refractivity contribution is 5.96. The van der Waals surface area contributed by atoms with Crippen molar-refractivity contribution in [2.75, 3.05) is 26.7 Å². The highest BCUT2D eigenvalue weighted by atomic mass is 16.6. The molecule has 0 N–H and O–H groups in total. The topological polar surface area (TPSA) is 75.9 Å². The van der Waals surface area contributed by atoms with Crippen molar-refractivity contribution < 1.29 is 18.8 Å². The molecule has 27 heavy (non-hydrogen) atoms. The van der Waals surface area contributed by atoms with Crippen molar-refractivity contribution in [1.82, 2.24) is 15.0 Å². The van der Waals surface area contributed by atoms with Gasteiger partial charge in [-0.05, 0) is 46.5 Å². The molecule has 0 atom stereocenters. The second kappa shape index (κ2) is 8.31. The molecule has 1 aliphatic heterocycles. The number of carbonyl (C=O) groups is 2. The number of amides is 2. The normalized spacial score (nSPS) is 15.9. The summed E-state index contributed by atoms with van der Waals surface area (Å²) in [6, 6.07) is 0. The van der Waals surface area contributed by atoms with Gasteiger partial charge in [0.1, 0.15) is 11.2 Å². The van der Waals surface area contributed by atoms with Crippen LogP contribution in [0.3, 0.4) is 0 Å². The predicted octanol–water partition coefficient (Wildman–Crippen LogP) is 3.83. The Morgan fingerprint density at radius 1 is 1.30 bits per heavy atom. The Labute approximate surface area is 162 Å². The Bertz CT molecular complexity index is 667. The van der Waals surface area contributed by atoms with Crippen LogP contribution < -0.4 is 0 Å². The summed E-state index contributed by atoms with van der Waals surface area (Å²) in [4.78, 5) is 28.6. The second-order valence-electron chi connectivity index (χ2n) is 8.76. The molecule has 0 aromatic carbocycles. The lowest BCUT2D eigenvalue weighted by atomic mass is 9.96. The third-order valence-electron chi connectivity index (χ3n) is 4.77. The molecule has 1 aromatic rings. The highest BCUT2D eigenvalue weighted by Crippen LogP contribution is 2.25. The Balaban J connectivity index is 1.91. The van der Waals surface area contributed by atoms with Crippen molar-refractivity contribution >= 4 is 12.0 Å². The molecule has 0 aliphatic carbocycles. The van der Waals surface area contributed by atoms with Crippen molar-refractivity contribution in [3.05, 3.63) is 17.0 Å². The van der Waals surface area contributed by atoms with Crippen LogP contribution in [0.15, 0.2) is 4.52 Å². The van der Waals surface area contributed by atoms with Gasteiger partial charge >= 0.3 is 6.09 Å². The number of hydrogen-bond acceptors (Lipinski definition) is 5. The van der Waals surface area contributed by atoms with E-state index in [1.807, 2.05) is 41.7 Å². The fourth-order valence-electron chi connectivity index (χ4n) is 3.33. The Kier molecular flexibility index (Phi) is 6.54. The van der Waals surface area contributed by atoms with Gasteiger partial charge in [-0.15, -0.1) is 0 Å². The molecule has 0 saturated carbocycles. The molecule has 7 heteroatoms. The van der Waals surface area contributed by atoms with E-state index in [2.05, 4.69) is 5.16 Å². The maximum Gasteiger partial charge on any atom is 0.410 e. The number of likely N-dealkylation sites (tertiary alicyclic amines) is 1. The van der Waals surface area contributed by atoms with E-state index in [-0.39, 0.29) is 17.9 Å². The zero-order valence-electron chi connectivity index (χ0n) is 17.7. The molecule has 1 fully saturated rings. The summed E-state index contributed by atoms with van der Waals surface area (Å²) in [6.07, 6.45) is 1.46. The Morgan fingerprint density at radius 3 is 2.41 bits per heavy atom. The maximum atomic E-state index is 12.9. The van der Waals surface area contributed by atoms with Crippen LogP contribution in [-0.2, 0) is 4.74 Å². The maximum absolute atomic E-state index is 12.9. The summed E-state index contributed by atoms with van der Waals surface area (Å²) in [6.45, 7) is 13.4. The molecule has 2 heterocycles. The standard InChI is InChI=1S/C20H33N3O4/c1-13(2)17-16(14(3)21-27-17)18(24)22(7)12-15-8-10-23(11-9-15)19(25)26-20(4,5)6/h13,15H,8-12H2,1-7H3. The SMILES string of the molecule is Cc1noc(C(C)C)c1C(=O)N(C)CC1CCN(C(=O)OC(C)(C)C)CC1. The van der Waals surface area contributed by atoms with Crippen LogP contribution in [0.5, 0.6) is 0 Å². The molecule has 0 unspecified atom stereocenters. The number of aromatic nitrogens is 1. The zero-order valence-corrected chi connectivity index (χ0v) is 17.7. The Morgan fingerprint density at radius 2 is 1.89 bits per heavy atom. The molecular weight excluding hydrogens is 346 g/mol. The lowest BCUT2D eigenvalue weighted by Crippen LogP contribution is -2.44. The van der Waals surface area contributed by atoms with Gasteiger partial charge in [-0.25, -0.2) is 4.79 Å². The van der Waals surface area contributed by atoms with Gasteiger partial charge in [-0.3, -0.25) is 4.79 Å². The number of aryl methyl sites for hydroxylation is 1. The second-order valence-corrected chi connectivity index (χ2v) is 8.76. The van der Waals surface area contributed by atoms with E-state index in [1.165, 1.54) is 0 Å². The largest absolute Gasteiger partial charge is 0.444 e. The van der Waals surface area contributed by atoms with Gasteiger partial charge in [-0.1, -0.05) is 19.0 Å². The fraction of sp³-hybridized carbons (Fsp3) is 0.750. The predicted molar refractivity (Wildman–Crippen MR) is 103 cm³/mol. The quantitative estimate of drug-likeness (QED) is 0.795. The first-order valence-corrected chi connectivity index (χ1v) is 9.69. The summed E-state index contributed by atoms with van der Waals surface area (Å²) in [5, 5.41) is 3.97. The molecule has 1 aromatic heterocycles. The van der Waals surface area contributed by atoms with E-state index in [1.54, 1.807) is 16.7 Å². The minimum Gasteiger partial charge on any atom is -0.444 e. The number of rotatable bonds is 4. The van der Waals surface area contributed by atoms with Crippen LogP contribution in [0.1, 0.15) is 75.2 Å². The van der Waals surface area contributed by atoms with E-state index < -0.39 is 5.60 Å². The third-order valence-corrected chi connectivity index (χ3v) is 4.77. The van der Waals surface area contributed by atoms with E-state index in [9.17, 15) is 9.59 Å². The van der Waals surface area contributed by atoms with Gasteiger partial charge < -0.3 is 19.1 Å². The number of carbonyl (C=O) groups excluding carboxylic acids is 2. The molecule has 0 bridgehead atoms. The fourth-order valence-corrected chi connectivity index (χ4v) is 3.33. The number of ether oxygens (including phenoxy) is 1. The Hall–Kier alpha value is -2.05. The van der Waals surface area contributed by atoms with Gasteiger partial charge in [0.2, 0.25) is 0 Å². The van der Waals surface area contributed by atoms with Crippen LogP contribution in [0, 0.1) is 12.8 Å². The molecule has 152 valence electrons. The summed E-state index contributed by atoms with van der Waals surface area (Å²) in [5.41, 5.74) is 0.736.